The van der Waals surface area contributed by atoms with Crippen molar-refractivity contribution >= 4 is 0 Å². The summed E-state index contributed by atoms with van der Waals surface area (Å²) in [7, 11) is 0. The fourth-order valence-electron chi connectivity index (χ4n) is 2.01. The molecule has 0 bridgehead atoms. The van der Waals surface area contributed by atoms with E-state index in [4.69, 9.17) is 10.5 Å². The molecule has 0 aromatic heterocycles. The first kappa shape index (κ1) is 9.34. The van der Waals surface area contributed by atoms with E-state index >= 15 is 0 Å². The zero-order valence-corrected chi connectivity index (χ0v) is 8.07. The molecule has 0 radical (unpaired) electrons. The SMILES string of the molecule is NCCC1CCOc2cccc(O)c21. The van der Waals surface area contributed by atoms with Crippen molar-refractivity contribution in [2.75, 3.05) is 13.2 Å². The van der Waals surface area contributed by atoms with Crippen molar-refractivity contribution in [1.82, 2.24) is 0 Å². The van der Waals surface area contributed by atoms with Crippen molar-refractivity contribution in [3.8, 4) is 11.5 Å². The van der Waals surface area contributed by atoms with E-state index in [-0.39, 0.29) is 0 Å². The van der Waals surface area contributed by atoms with Crippen molar-refractivity contribution in [2.24, 2.45) is 5.73 Å². The minimum absolute atomic E-state index is 0.334. The normalized spacial score (nSPS) is 19.9. The van der Waals surface area contributed by atoms with Crippen LogP contribution in [0.5, 0.6) is 11.5 Å². The Labute approximate surface area is 83.5 Å². The zero-order chi connectivity index (χ0) is 9.97. The minimum Gasteiger partial charge on any atom is -0.508 e. The van der Waals surface area contributed by atoms with Gasteiger partial charge in [-0.2, -0.15) is 0 Å². The van der Waals surface area contributed by atoms with E-state index in [1.165, 1.54) is 0 Å². The topological polar surface area (TPSA) is 55.5 Å². The molecule has 14 heavy (non-hydrogen) atoms. The monoisotopic (exact) mass is 193 g/mol. The number of aromatic hydroxyl groups is 1. The second kappa shape index (κ2) is 3.88. The van der Waals surface area contributed by atoms with Gasteiger partial charge in [-0.1, -0.05) is 6.07 Å². The largest absolute Gasteiger partial charge is 0.508 e. The molecular weight excluding hydrogens is 178 g/mol. The first-order valence-corrected chi connectivity index (χ1v) is 4.97. The third-order valence-electron chi connectivity index (χ3n) is 2.69. The Kier molecular flexibility index (Phi) is 2.59. The van der Waals surface area contributed by atoms with Crippen LogP contribution in [0.25, 0.3) is 0 Å². The van der Waals surface area contributed by atoms with Crippen LogP contribution >= 0.6 is 0 Å². The van der Waals surface area contributed by atoms with Crippen LogP contribution < -0.4 is 10.5 Å². The van der Waals surface area contributed by atoms with Crippen LogP contribution in [-0.2, 0) is 0 Å². The number of phenolic OH excluding ortho intramolecular Hbond substituents is 1. The van der Waals surface area contributed by atoms with Gasteiger partial charge >= 0.3 is 0 Å². The summed E-state index contributed by atoms with van der Waals surface area (Å²) in [6.45, 7) is 1.37. The summed E-state index contributed by atoms with van der Waals surface area (Å²) in [5.74, 6) is 1.50. The lowest BCUT2D eigenvalue weighted by Crippen LogP contribution is -2.17. The van der Waals surface area contributed by atoms with Gasteiger partial charge in [-0.15, -0.1) is 0 Å². The highest BCUT2D eigenvalue weighted by atomic mass is 16.5. The van der Waals surface area contributed by atoms with Crippen LogP contribution in [0.4, 0.5) is 0 Å². The Morgan fingerprint density at radius 3 is 3.14 bits per heavy atom. The second-order valence-corrected chi connectivity index (χ2v) is 3.60. The highest BCUT2D eigenvalue weighted by Gasteiger charge is 2.23. The van der Waals surface area contributed by atoms with Gasteiger partial charge in [0.25, 0.3) is 0 Å². The number of phenols is 1. The lowest BCUT2D eigenvalue weighted by Gasteiger charge is -2.26. The van der Waals surface area contributed by atoms with Crippen LogP contribution in [0, 0.1) is 0 Å². The Bertz CT molecular complexity index is 325. The Balaban J connectivity index is 2.36. The van der Waals surface area contributed by atoms with E-state index in [1.807, 2.05) is 6.07 Å². The highest BCUT2D eigenvalue weighted by Crippen LogP contribution is 2.40. The van der Waals surface area contributed by atoms with Crippen molar-refractivity contribution < 1.29 is 9.84 Å². The summed E-state index contributed by atoms with van der Waals surface area (Å²) in [5, 5.41) is 9.73. The minimum atomic E-state index is 0.334. The molecule has 0 amide bonds. The quantitative estimate of drug-likeness (QED) is 0.750. The smallest absolute Gasteiger partial charge is 0.126 e. The van der Waals surface area contributed by atoms with Gasteiger partial charge in [0.15, 0.2) is 0 Å². The van der Waals surface area contributed by atoms with Gasteiger partial charge in [0.05, 0.1) is 6.61 Å². The molecule has 1 atom stereocenters. The summed E-state index contributed by atoms with van der Waals surface area (Å²) in [6, 6.07) is 5.41. The molecule has 1 unspecified atom stereocenters. The molecule has 0 fully saturated rings. The third-order valence-corrected chi connectivity index (χ3v) is 2.69. The van der Waals surface area contributed by atoms with Crippen molar-refractivity contribution in [3.05, 3.63) is 23.8 Å². The lowest BCUT2D eigenvalue weighted by atomic mass is 9.89. The van der Waals surface area contributed by atoms with E-state index in [0.29, 0.717) is 18.2 Å². The highest BCUT2D eigenvalue weighted by molar-refractivity contribution is 5.47. The van der Waals surface area contributed by atoms with Gasteiger partial charge in [-0.25, -0.2) is 0 Å². The number of hydrogen-bond acceptors (Lipinski definition) is 3. The van der Waals surface area contributed by atoms with Gasteiger partial charge in [0, 0.05) is 5.56 Å². The van der Waals surface area contributed by atoms with Crippen LogP contribution in [0.3, 0.4) is 0 Å². The van der Waals surface area contributed by atoms with Crippen molar-refractivity contribution in [3.63, 3.8) is 0 Å². The molecule has 3 N–H and O–H groups in total. The van der Waals surface area contributed by atoms with Gasteiger partial charge in [-0.05, 0) is 37.4 Å². The summed E-state index contributed by atoms with van der Waals surface area (Å²) < 4.78 is 5.48. The third kappa shape index (κ3) is 1.55. The first-order chi connectivity index (χ1) is 6.83. The van der Waals surface area contributed by atoms with Crippen molar-refractivity contribution in [1.29, 1.82) is 0 Å². The van der Waals surface area contributed by atoms with Crippen LogP contribution in [0.1, 0.15) is 24.3 Å². The average molecular weight is 193 g/mol. The Hall–Kier alpha value is -1.22. The summed E-state index contributed by atoms with van der Waals surface area (Å²) in [6.07, 6.45) is 1.86. The molecule has 3 heteroatoms. The predicted molar refractivity (Wildman–Crippen MR) is 54.6 cm³/mol. The number of hydrogen-bond donors (Lipinski definition) is 2. The van der Waals surface area contributed by atoms with Gasteiger partial charge in [0.1, 0.15) is 11.5 Å². The van der Waals surface area contributed by atoms with Gasteiger partial charge in [0.2, 0.25) is 0 Å². The fourth-order valence-corrected chi connectivity index (χ4v) is 2.01. The lowest BCUT2D eigenvalue weighted by molar-refractivity contribution is 0.259. The van der Waals surface area contributed by atoms with Gasteiger partial charge in [-0.3, -0.25) is 0 Å². The number of ether oxygens (including phenoxy) is 1. The maximum atomic E-state index is 9.73. The molecule has 3 nitrogen and oxygen atoms in total. The van der Waals surface area contributed by atoms with Crippen LogP contribution in [0.15, 0.2) is 18.2 Å². The molecule has 0 saturated heterocycles. The van der Waals surface area contributed by atoms with E-state index in [2.05, 4.69) is 0 Å². The molecule has 1 aliphatic heterocycles. The van der Waals surface area contributed by atoms with E-state index in [0.717, 1.165) is 30.8 Å². The predicted octanol–water partition coefficient (Wildman–Crippen LogP) is 1.61. The van der Waals surface area contributed by atoms with E-state index in [1.54, 1.807) is 12.1 Å². The summed E-state index contributed by atoms with van der Waals surface area (Å²) in [5.41, 5.74) is 6.48. The maximum Gasteiger partial charge on any atom is 0.126 e. The number of fused-ring (bicyclic) bond motifs is 1. The molecule has 1 heterocycles. The van der Waals surface area contributed by atoms with Crippen LogP contribution in [-0.4, -0.2) is 18.3 Å². The molecule has 1 aliphatic rings. The molecule has 76 valence electrons. The second-order valence-electron chi connectivity index (χ2n) is 3.60. The molecular formula is C11H15NO2. The van der Waals surface area contributed by atoms with Gasteiger partial charge < -0.3 is 15.6 Å². The Morgan fingerprint density at radius 2 is 2.36 bits per heavy atom. The first-order valence-electron chi connectivity index (χ1n) is 4.97. The number of rotatable bonds is 2. The maximum absolute atomic E-state index is 9.73. The van der Waals surface area contributed by atoms with Crippen molar-refractivity contribution in [2.45, 2.75) is 18.8 Å². The molecule has 0 aliphatic carbocycles. The standard InChI is InChI=1S/C11H15NO2/c12-6-4-8-5-7-14-10-3-1-2-9(13)11(8)10/h1-3,8,13H,4-7,12H2. The van der Waals surface area contributed by atoms with Crippen LogP contribution in [0.2, 0.25) is 0 Å². The number of nitrogens with two attached hydrogens (primary N) is 1. The molecule has 1 aromatic rings. The molecule has 2 rings (SSSR count). The zero-order valence-electron chi connectivity index (χ0n) is 8.07. The average Bonchev–Trinajstić information content (AvgIpc) is 2.19. The Morgan fingerprint density at radius 1 is 1.50 bits per heavy atom. The molecule has 1 aromatic carbocycles. The van der Waals surface area contributed by atoms with E-state index < -0.39 is 0 Å². The molecule has 0 spiro atoms. The fraction of sp³-hybridized carbons (Fsp3) is 0.455. The molecule has 0 saturated carbocycles. The summed E-state index contributed by atoms with van der Waals surface area (Å²) in [4.78, 5) is 0. The summed E-state index contributed by atoms with van der Waals surface area (Å²) >= 11 is 0. The van der Waals surface area contributed by atoms with E-state index in [9.17, 15) is 5.11 Å². The number of benzene rings is 1.